The predicted octanol–water partition coefficient (Wildman–Crippen LogP) is 3.88. The van der Waals surface area contributed by atoms with Crippen molar-refractivity contribution < 1.29 is 0 Å². The van der Waals surface area contributed by atoms with Crippen molar-refractivity contribution in [2.45, 2.75) is 52.4 Å². The molecule has 0 aromatic carbocycles. The van der Waals surface area contributed by atoms with Crippen LogP contribution in [0.1, 0.15) is 52.4 Å². The third kappa shape index (κ3) is 12.4. The zero-order valence-electron chi connectivity index (χ0n) is 9.51. The van der Waals surface area contributed by atoms with Crippen molar-refractivity contribution in [2.75, 3.05) is 20.1 Å². The Bertz CT molecular complexity index is 76.2. The number of rotatable bonds is 3. The first-order valence-corrected chi connectivity index (χ1v) is 5.49. The molecule has 0 aliphatic carbocycles. The Morgan fingerprint density at radius 2 is 1.31 bits per heavy atom. The highest BCUT2D eigenvalue weighted by Crippen LogP contribution is 2.02. The topological polar surface area (TPSA) is 3.24 Å². The number of nitrogens with zero attached hydrogens (tertiary/aromatic N) is 1. The van der Waals surface area contributed by atoms with E-state index in [4.69, 9.17) is 0 Å². The molecular weight excluding hydrogens is 226 g/mol. The van der Waals surface area contributed by atoms with Gasteiger partial charge in [0.15, 0.2) is 0 Å². The van der Waals surface area contributed by atoms with Crippen molar-refractivity contribution in [1.82, 2.24) is 4.90 Å². The zero-order valence-corrected chi connectivity index (χ0v) is 11.2. The van der Waals surface area contributed by atoms with Gasteiger partial charge in [0.25, 0.3) is 0 Å². The number of hydrogen-bond acceptors (Lipinski definition) is 1. The van der Waals surface area contributed by atoms with Crippen LogP contribution in [-0.4, -0.2) is 25.0 Å². The molecule has 1 saturated heterocycles. The predicted molar refractivity (Wildman–Crippen MR) is 66.9 cm³/mol. The highest BCUT2D eigenvalue weighted by Gasteiger charge is 2.03. The second kappa shape index (κ2) is 12.4. The van der Waals surface area contributed by atoms with Crippen LogP contribution in [0.25, 0.3) is 0 Å². The molecule has 2 heteroatoms. The van der Waals surface area contributed by atoms with Crippen molar-refractivity contribution in [3.05, 3.63) is 0 Å². The molecule has 1 fully saturated rings. The average Bonchev–Trinajstić information content (AvgIpc) is 2.53. The van der Waals surface area contributed by atoms with E-state index in [1.54, 1.807) is 0 Å². The lowest BCUT2D eigenvalue weighted by molar-refractivity contribution is 0.418. The van der Waals surface area contributed by atoms with E-state index >= 15 is 0 Å². The summed E-state index contributed by atoms with van der Waals surface area (Å²) in [6.45, 7) is 7.10. The van der Waals surface area contributed by atoms with Gasteiger partial charge in [0.05, 0.1) is 0 Å². The molecule has 0 amide bonds. The zero-order chi connectivity index (χ0) is 9.23. The first kappa shape index (κ1) is 15.9. The fraction of sp³-hybridized carbons (Fsp3) is 1.00. The second-order valence-electron chi connectivity index (χ2n) is 3.72. The van der Waals surface area contributed by atoms with E-state index in [1.165, 1.54) is 51.6 Å². The van der Waals surface area contributed by atoms with Crippen molar-refractivity contribution in [3.63, 3.8) is 0 Å². The molecule has 1 rings (SSSR count). The van der Waals surface area contributed by atoms with E-state index in [0.29, 0.717) is 0 Å². The Balaban J connectivity index is 0. The smallest absolute Gasteiger partial charge is 0.00213 e. The maximum Gasteiger partial charge on any atom is -0.00213 e. The van der Waals surface area contributed by atoms with Gasteiger partial charge in [-0.25, -0.2) is 0 Å². The minimum absolute atomic E-state index is 0. The molecular formula is C11H26BrN. The molecule has 1 aliphatic rings. The molecule has 0 spiro atoms. The van der Waals surface area contributed by atoms with E-state index in [-0.39, 0.29) is 17.0 Å². The highest BCUT2D eigenvalue weighted by molar-refractivity contribution is 8.93. The molecule has 0 bridgehead atoms. The summed E-state index contributed by atoms with van der Waals surface area (Å²) in [4.78, 5) is 2.36. The lowest BCUT2D eigenvalue weighted by Crippen LogP contribution is -2.10. The molecule has 0 radical (unpaired) electrons. The molecule has 0 aromatic rings. The summed E-state index contributed by atoms with van der Waals surface area (Å²) in [6.07, 6.45) is 8.36. The Hall–Kier alpha value is 0.440. The Morgan fingerprint density at radius 3 is 1.46 bits per heavy atom. The van der Waals surface area contributed by atoms with Crippen LogP contribution in [0.5, 0.6) is 0 Å². The van der Waals surface area contributed by atoms with Gasteiger partial charge in [0.1, 0.15) is 0 Å². The van der Waals surface area contributed by atoms with Crippen molar-refractivity contribution in [1.29, 1.82) is 0 Å². The van der Waals surface area contributed by atoms with Crippen LogP contribution in [0.4, 0.5) is 0 Å². The molecule has 13 heavy (non-hydrogen) atoms. The number of unbranched alkanes of at least 4 members (excludes halogenated alkanes) is 3. The van der Waals surface area contributed by atoms with Gasteiger partial charge in [-0.1, -0.05) is 39.5 Å². The van der Waals surface area contributed by atoms with Gasteiger partial charge in [-0.15, -0.1) is 17.0 Å². The lowest BCUT2D eigenvalue weighted by Gasteiger charge is -2.01. The van der Waals surface area contributed by atoms with Gasteiger partial charge in [0.2, 0.25) is 0 Å². The monoisotopic (exact) mass is 251 g/mol. The molecule has 1 aliphatic heterocycles. The van der Waals surface area contributed by atoms with E-state index in [1.807, 2.05) is 0 Å². The average molecular weight is 252 g/mol. The summed E-state index contributed by atoms with van der Waals surface area (Å²) in [5, 5.41) is 0. The van der Waals surface area contributed by atoms with Crippen molar-refractivity contribution in [3.8, 4) is 0 Å². The third-order valence-electron chi connectivity index (χ3n) is 2.29. The van der Waals surface area contributed by atoms with Gasteiger partial charge in [-0.3, -0.25) is 0 Å². The number of halogens is 1. The van der Waals surface area contributed by atoms with Gasteiger partial charge in [-0.05, 0) is 33.0 Å². The fourth-order valence-electron chi connectivity index (χ4n) is 1.38. The lowest BCUT2D eigenvalue weighted by atomic mass is 10.2. The number of hydrogen-bond donors (Lipinski definition) is 0. The maximum absolute atomic E-state index is 2.36. The third-order valence-corrected chi connectivity index (χ3v) is 2.29. The molecule has 82 valence electrons. The van der Waals surface area contributed by atoms with Gasteiger partial charge < -0.3 is 4.90 Å². The summed E-state index contributed by atoms with van der Waals surface area (Å²) in [5.74, 6) is 0. The molecule has 0 saturated carbocycles. The fourth-order valence-corrected chi connectivity index (χ4v) is 1.38. The van der Waals surface area contributed by atoms with Crippen molar-refractivity contribution in [2.24, 2.45) is 0 Å². The molecule has 0 aromatic heterocycles. The maximum atomic E-state index is 2.36. The summed E-state index contributed by atoms with van der Waals surface area (Å²) in [6, 6.07) is 0. The molecule has 1 nitrogen and oxygen atoms in total. The highest BCUT2D eigenvalue weighted by atomic mass is 79.9. The van der Waals surface area contributed by atoms with Crippen LogP contribution >= 0.6 is 17.0 Å². The van der Waals surface area contributed by atoms with Crippen LogP contribution in [0.2, 0.25) is 0 Å². The van der Waals surface area contributed by atoms with Crippen LogP contribution in [0.3, 0.4) is 0 Å². The molecule has 1 heterocycles. The normalized spacial score (nSPS) is 15.9. The Kier molecular flexibility index (Phi) is 15.2. The number of likely N-dealkylation sites (tertiary alicyclic amines) is 1. The van der Waals surface area contributed by atoms with Crippen LogP contribution in [0.15, 0.2) is 0 Å². The van der Waals surface area contributed by atoms with E-state index in [9.17, 15) is 0 Å². The quantitative estimate of drug-likeness (QED) is 0.689. The first-order valence-electron chi connectivity index (χ1n) is 5.49. The van der Waals surface area contributed by atoms with Crippen LogP contribution in [-0.2, 0) is 0 Å². The van der Waals surface area contributed by atoms with E-state index in [0.717, 1.165) is 0 Å². The SMILES string of the molecule is Br.CCCCCC.CN1CCCC1. The van der Waals surface area contributed by atoms with Gasteiger partial charge in [0, 0.05) is 0 Å². The van der Waals surface area contributed by atoms with Crippen molar-refractivity contribution >= 4 is 17.0 Å². The minimum Gasteiger partial charge on any atom is -0.306 e. The summed E-state index contributed by atoms with van der Waals surface area (Å²) < 4.78 is 0. The Labute approximate surface area is 94.7 Å². The molecule has 0 atom stereocenters. The standard InChI is InChI=1S/C6H14.C5H11N.BrH/c1-3-5-6-4-2;1-6-4-2-3-5-6;/h3-6H2,1-2H3;2-5H2,1H3;1H. The first-order chi connectivity index (χ1) is 5.81. The van der Waals surface area contributed by atoms with Crippen LogP contribution < -0.4 is 0 Å². The second-order valence-corrected chi connectivity index (χ2v) is 3.72. The summed E-state index contributed by atoms with van der Waals surface area (Å²) in [7, 11) is 2.17. The van der Waals surface area contributed by atoms with E-state index < -0.39 is 0 Å². The van der Waals surface area contributed by atoms with Crippen LogP contribution in [0, 0.1) is 0 Å². The largest absolute Gasteiger partial charge is 0.306 e. The molecule has 0 N–H and O–H groups in total. The van der Waals surface area contributed by atoms with Gasteiger partial charge in [-0.2, -0.15) is 0 Å². The molecule has 0 unspecified atom stereocenters. The summed E-state index contributed by atoms with van der Waals surface area (Å²) in [5.41, 5.74) is 0. The van der Waals surface area contributed by atoms with Gasteiger partial charge >= 0.3 is 0 Å². The summed E-state index contributed by atoms with van der Waals surface area (Å²) >= 11 is 0. The Morgan fingerprint density at radius 1 is 0.923 bits per heavy atom. The minimum atomic E-state index is 0. The van der Waals surface area contributed by atoms with E-state index in [2.05, 4.69) is 25.8 Å².